The summed E-state index contributed by atoms with van der Waals surface area (Å²) in [4.78, 5) is 10.6. The standard InChI is InChI=1S/C11H13FO3S/c1-6-8(3)11(16(12,14)15)9(4)7(2)10(6)5-13/h5H,1-4H3. The second kappa shape index (κ2) is 3.97. The third kappa shape index (κ3) is 1.87. The normalized spacial score (nSPS) is 11.6. The molecule has 1 aromatic carbocycles. The van der Waals surface area contributed by atoms with Crippen molar-refractivity contribution in [3.8, 4) is 0 Å². The van der Waals surface area contributed by atoms with E-state index in [0.717, 1.165) is 0 Å². The van der Waals surface area contributed by atoms with E-state index in [9.17, 15) is 17.1 Å². The Morgan fingerprint density at radius 2 is 1.31 bits per heavy atom. The molecule has 0 unspecified atom stereocenters. The minimum atomic E-state index is -4.75. The zero-order valence-corrected chi connectivity index (χ0v) is 10.4. The molecule has 0 aliphatic rings. The molecule has 88 valence electrons. The van der Waals surface area contributed by atoms with E-state index in [1.807, 2.05) is 0 Å². The first-order chi connectivity index (χ1) is 7.21. The Labute approximate surface area is 94.5 Å². The lowest BCUT2D eigenvalue weighted by molar-refractivity contribution is 0.112. The highest BCUT2D eigenvalue weighted by molar-refractivity contribution is 7.86. The number of carbonyl (C=O) groups excluding carboxylic acids is 1. The summed E-state index contributed by atoms with van der Waals surface area (Å²) < 4.78 is 35.2. The summed E-state index contributed by atoms with van der Waals surface area (Å²) in [6, 6.07) is 0. The molecule has 0 bridgehead atoms. The second-order valence-electron chi connectivity index (χ2n) is 3.80. The summed E-state index contributed by atoms with van der Waals surface area (Å²) in [5.41, 5.74) is 2.05. The molecule has 0 N–H and O–H groups in total. The fraction of sp³-hybridized carbons (Fsp3) is 0.364. The number of aldehydes is 1. The summed E-state index contributed by atoms with van der Waals surface area (Å²) in [5.74, 6) is 0. The van der Waals surface area contributed by atoms with Crippen molar-refractivity contribution in [3.05, 3.63) is 27.8 Å². The molecule has 0 aliphatic carbocycles. The molecule has 0 saturated carbocycles. The van der Waals surface area contributed by atoms with Crippen LogP contribution in [0.4, 0.5) is 3.89 Å². The third-order valence-electron chi connectivity index (χ3n) is 2.98. The van der Waals surface area contributed by atoms with Crippen LogP contribution in [0.3, 0.4) is 0 Å². The van der Waals surface area contributed by atoms with Crippen LogP contribution < -0.4 is 0 Å². The maximum Gasteiger partial charge on any atom is 0.332 e. The molecule has 0 amide bonds. The van der Waals surface area contributed by atoms with Crippen LogP contribution >= 0.6 is 0 Å². The molecule has 0 radical (unpaired) electrons. The van der Waals surface area contributed by atoms with Crippen LogP contribution in [0.2, 0.25) is 0 Å². The molecular formula is C11H13FO3S. The minimum absolute atomic E-state index is 0.299. The fourth-order valence-electron chi connectivity index (χ4n) is 1.85. The van der Waals surface area contributed by atoms with E-state index in [1.165, 1.54) is 13.8 Å². The minimum Gasteiger partial charge on any atom is -0.298 e. The zero-order chi connectivity index (χ0) is 12.7. The van der Waals surface area contributed by atoms with E-state index in [-0.39, 0.29) is 4.90 Å². The van der Waals surface area contributed by atoms with E-state index < -0.39 is 10.2 Å². The lowest BCUT2D eigenvalue weighted by Crippen LogP contribution is -2.07. The van der Waals surface area contributed by atoms with Gasteiger partial charge in [-0.25, -0.2) is 0 Å². The molecule has 0 fully saturated rings. The van der Waals surface area contributed by atoms with Gasteiger partial charge in [-0.2, -0.15) is 8.42 Å². The van der Waals surface area contributed by atoms with Crippen LogP contribution in [0.15, 0.2) is 4.90 Å². The first-order valence-corrected chi connectivity index (χ1v) is 6.10. The molecule has 3 nitrogen and oxygen atoms in total. The van der Waals surface area contributed by atoms with Crippen LogP contribution in [0.1, 0.15) is 32.6 Å². The monoisotopic (exact) mass is 244 g/mol. The van der Waals surface area contributed by atoms with E-state index in [2.05, 4.69) is 0 Å². The fourth-order valence-corrected chi connectivity index (χ4v) is 2.89. The maximum absolute atomic E-state index is 13.1. The Morgan fingerprint density at radius 3 is 1.56 bits per heavy atom. The highest BCUT2D eigenvalue weighted by atomic mass is 32.3. The van der Waals surface area contributed by atoms with Gasteiger partial charge in [-0.1, -0.05) is 0 Å². The zero-order valence-electron chi connectivity index (χ0n) is 9.59. The van der Waals surface area contributed by atoms with Gasteiger partial charge in [0.15, 0.2) is 6.29 Å². The molecule has 5 heteroatoms. The Bertz CT molecular complexity index is 530. The number of rotatable bonds is 2. The molecule has 1 rings (SSSR count). The first-order valence-electron chi connectivity index (χ1n) is 4.72. The van der Waals surface area contributed by atoms with E-state index in [1.54, 1.807) is 13.8 Å². The molecule has 16 heavy (non-hydrogen) atoms. The highest BCUT2D eigenvalue weighted by Crippen LogP contribution is 2.30. The van der Waals surface area contributed by atoms with Crippen LogP contribution in [0.25, 0.3) is 0 Å². The molecule has 0 saturated heterocycles. The van der Waals surface area contributed by atoms with Crippen molar-refractivity contribution in [3.63, 3.8) is 0 Å². The lowest BCUT2D eigenvalue weighted by atomic mass is 9.95. The summed E-state index contributed by atoms with van der Waals surface area (Å²) in [6.07, 6.45) is 0.666. The van der Waals surface area contributed by atoms with Crippen molar-refractivity contribution in [2.75, 3.05) is 0 Å². The number of hydrogen-bond acceptors (Lipinski definition) is 3. The highest BCUT2D eigenvalue weighted by Gasteiger charge is 2.23. The summed E-state index contributed by atoms with van der Waals surface area (Å²) in [7, 11) is -4.75. The van der Waals surface area contributed by atoms with Gasteiger partial charge >= 0.3 is 10.2 Å². The van der Waals surface area contributed by atoms with Crippen LogP contribution in [0.5, 0.6) is 0 Å². The molecule has 0 aromatic heterocycles. The Kier molecular flexibility index (Phi) is 3.19. The topological polar surface area (TPSA) is 51.2 Å². The average Bonchev–Trinajstić information content (AvgIpc) is 2.14. The van der Waals surface area contributed by atoms with Crippen molar-refractivity contribution in [2.45, 2.75) is 32.6 Å². The second-order valence-corrected chi connectivity index (χ2v) is 5.08. The van der Waals surface area contributed by atoms with E-state index in [4.69, 9.17) is 0 Å². The van der Waals surface area contributed by atoms with Gasteiger partial charge in [0.25, 0.3) is 0 Å². The predicted molar refractivity (Wildman–Crippen MR) is 59.1 cm³/mol. The summed E-state index contributed by atoms with van der Waals surface area (Å²) in [6.45, 7) is 6.23. The van der Waals surface area contributed by atoms with E-state index in [0.29, 0.717) is 34.1 Å². The SMILES string of the molecule is Cc1c(C)c(S(=O)(=O)F)c(C)c(C)c1C=O. The van der Waals surface area contributed by atoms with Gasteiger partial charge in [0.1, 0.15) is 4.90 Å². The smallest absolute Gasteiger partial charge is 0.298 e. The molecule has 1 aromatic rings. The first kappa shape index (κ1) is 12.8. The number of benzene rings is 1. The van der Waals surface area contributed by atoms with E-state index >= 15 is 0 Å². The molecule has 0 aliphatic heterocycles. The largest absolute Gasteiger partial charge is 0.332 e. The lowest BCUT2D eigenvalue weighted by Gasteiger charge is -2.14. The van der Waals surface area contributed by atoms with Crippen LogP contribution in [0, 0.1) is 27.7 Å². The van der Waals surface area contributed by atoms with Gasteiger partial charge in [0.05, 0.1) is 0 Å². The predicted octanol–water partition coefficient (Wildman–Crippen LogP) is 2.39. The Balaban J connectivity index is 3.89. The maximum atomic E-state index is 13.1. The van der Waals surface area contributed by atoms with Gasteiger partial charge in [-0.05, 0) is 49.9 Å². The number of halogens is 1. The van der Waals surface area contributed by atoms with Gasteiger partial charge in [-0.15, -0.1) is 3.89 Å². The van der Waals surface area contributed by atoms with Gasteiger partial charge < -0.3 is 0 Å². The van der Waals surface area contributed by atoms with Crippen LogP contribution in [-0.2, 0) is 10.2 Å². The molecular weight excluding hydrogens is 231 g/mol. The summed E-state index contributed by atoms with van der Waals surface area (Å²) >= 11 is 0. The van der Waals surface area contributed by atoms with Crippen molar-refractivity contribution >= 4 is 16.5 Å². The van der Waals surface area contributed by atoms with Crippen molar-refractivity contribution < 1.29 is 17.1 Å². The molecule has 0 atom stereocenters. The Hall–Kier alpha value is -1.23. The van der Waals surface area contributed by atoms with Gasteiger partial charge in [0.2, 0.25) is 0 Å². The average molecular weight is 244 g/mol. The molecule has 0 heterocycles. The van der Waals surface area contributed by atoms with Gasteiger partial charge in [0, 0.05) is 5.56 Å². The number of hydrogen-bond donors (Lipinski definition) is 0. The van der Waals surface area contributed by atoms with Crippen LogP contribution in [-0.4, -0.2) is 14.7 Å². The third-order valence-corrected chi connectivity index (χ3v) is 4.08. The van der Waals surface area contributed by atoms with Crippen molar-refractivity contribution in [1.29, 1.82) is 0 Å². The summed E-state index contributed by atoms with van der Waals surface area (Å²) in [5, 5.41) is 0. The van der Waals surface area contributed by atoms with Crippen molar-refractivity contribution in [1.82, 2.24) is 0 Å². The van der Waals surface area contributed by atoms with Gasteiger partial charge in [-0.3, -0.25) is 4.79 Å². The Morgan fingerprint density at radius 1 is 0.938 bits per heavy atom. The quantitative estimate of drug-likeness (QED) is 0.593. The van der Waals surface area contributed by atoms with Crippen molar-refractivity contribution in [2.24, 2.45) is 0 Å². The number of carbonyl (C=O) groups is 1. The molecule has 0 spiro atoms.